The van der Waals surface area contributed by atoms with Gasteiger partial charge in [0.1, 0.15) is 12.2 Å². The van der Waals surface area contributed by atoms with Crippen molar-refractivity contribution in [3.8, 4) is 0 Å². The van der Waals surface area contributed by atoms with Crippen molar-refractivity contribution in [3.63, 3.8) is 0 Å². The first-order chi connectivity index (χ1) is 12.9. The van der Waals surface area contributed by atoms with Gasteiger partial charge in [-0.2, -0.15) is 0 Å². The Balaban J connectivity index is 2.83. The molecule has 0 heterocycles. The molecule has 0 saturated heterocycles. The largest absolute Gasteiger partial charge is 0.466 e. The summed E-state index contributed by atoms with van der Waals surface area (Å²) in [7, 11) is -1.57. The van der Waals surface area contributed by atoms with Gasteiger partial charge in [0, 0.05) is 0 Å². The molecule has 0 N–H and O–H groups in total. The van der Waals surface area contributed by atoms with E-state index in [1.165, 1.54) is 14.2 Å². The molecule has 0 saturated carbocycles. The fraction of sp³-hybridized carbons (Fsp3) is 0.500. The monoisotopic (exact) mass is 422 g/mol. The lowest BCUT2D eigenvalue weighted by atomic mass is 9.82. The zero-order valence-electron chi connectivity index (χ0n) is 17.9. The molecule has 1 aliphatic carbocycles. The lowest BCUT2D eigenvalue weighted by molar-refractivity contribution is -0.141. The van der Waals surface area contributed by atoms with Crippen LogP contribution in [0.15, 0.2) is 35.4 Å². The van der Waals surface area contributed by atoms with Gasteiger partial charge in [-0.15, -0.1) is 0 Å². The summed E-state index contributed by atoms with van der Waals surface area (Å²) in [5.74, 6) is -1.22. The second kappa shape index (κ2) is 8.32. The molecular weight excluding hydrogens is 392 g/mol. The fourth-order valence-corrected chi connectivity index (χ4v) is 5.09. The van der Waals surface area contributed by atoms with Crippen molar-refractivity contribution in [2.24, 2.45) is 0 Å². The van der Waals surface area contributed by atoms with E-state index in [0.29, 0.717) is 0 Å². The van der Waals surface area contributed by atoms with E-state index in [1.54, 1.807) is 0 Å². The first-order valence-corrected chi connectivity index (χ1v) is 16.1. The van der Waals surface area contributed by atoms with E-state index < -0.39 is 40.8 Å². The summed E-state index contributed by atoms with van der Waals surface area (Å²) in [5, 5.41) is 0. The van der Waals surface area contributed by atoms with E-state index >= 15 is 0 Å². The Morgan fingerprint density at radius 3 is 1.29 bits per heavy atom. The minimum Gasteiger partial charge on any atom is -0.466 e. The summed E-state index contributed by atoms with van der Waals surface area (Å²) >= 11 is 0. The Labute approximate surface area is 169 Å². The summed E-state index contributed by atoms with van der Waals surface area (Å²) in [6.45, 7) is 12.2. The maximum Gasteiger partial charge on any atom is 0.337 e. The molecule has 0 radical (unpaired) electrons. The molecule has 0 bridgehead atoms. The van der Waals surface area contributed by atoms with Crippen LogP contribution >= 0.6 is 0 Å². The van der Waals surface area contributed by atoms with Gasteiger partial charge in [0.25, 0.3) is 0 Å². The van der Waals surface area contributed by atoms with Gasteiger partial charge < -0.3 is 18.3 Å². The molecule has 1 aromatic rings. The number of carbonyl (C=O) groups is 2. The van der Waals surface area contributed by atoms with Gasteiger partial charge in [-0.3, -0.25) is 0 Å². The molecule has 154 valence electrons. The smallest absolute Gasteiger partial charge is 0.337 e. The highest BCUT2D eigenvalue weighted by atomic mass is 28.4. The van der Waals surface area contributed by atoms with Crippen LogP contribution < -0.4 is 0 Å². The van der Waals surface area contributed by atoms with E-state index in [-0.39, 0.29) is 11.1 Å². The quantitative estimate of drug-likeness (QED) is 0.507. The van der Waals surface area contributed by atoms with Crippen LogP contribution in [0.1, 0.15) is 23.3 Å². The molecule has 2 rings (SSSR count). The van der Waals surface area contributed by atoms with Crippen LogP contribution in [0.25, 0.3) is 0 Å². The summed E-state index contributed by atoms with van der Waals surface area (Å²) < 4.78 is 22.8. The molecule has 28 heavy (non-hydrogen) atoms. The number of carbonyl (C=O) groups excluding carboxylic acids is 2. The lowest BCUT2D eigenvalue weighted by Gasteiger charge is -2.38. The van der Waals surface area contributed by atoms with Crippen LogP contribution in [0.2, 0.25) is 39.3 Å². The average molecular weight is 423 g/mol. The third kappa shape index (κ3) is 4.99. The van der Waals surface area contributed by atoms with E-state index in [4.69, 9.17) is 18.3 Å². The summed E-state index contributed by atoms with van der Waals surface area (Å²) in [5.41, 5.74) is 1.97. The Hall–Kier alpha value is -1.75. The molecule has 0 aliphatic heterocycles. The summed E-state index contributed by atoms with van der Waals surface area (Å²) in [6, 6.07) is 7.61. The number of hydrogen-bond donors (Lipinski definition) is 0. The van der Waals surface area contributed by atoms with Gasteiger partial charge in [-0.1, -0.05) is 24.3 Å². The van der Waals surface area contributed by atoms with Crippen molar-refractivity contribution in [1.29, 1.82) is 0 Å². The number of methoxy groups -OCH3 is 2. The molecule has 1 aliphatic rings. The molecule has 1 aromatic carbocycles. The number of hydrogen-bond acceptors (Lipinski definition) is 6. The van der Waals surface area contributed by atoms with Gasteiger partial charge in [0.2, 0.25) is 0 Å². The van der Waals surface area contributed by atoms with Crippen molar-refractivity contribution < 1.29 is 27.9 Å². The van der Waals surface area contributed by atoms with Gasteiger partial charge in [0.05, 0.1) is 25.4 Å². The number of esters is 2. The second-order valence-electron chi connectivity index (χ2n) is 8.66. The topological polar surface area (TPSA) is 71.1 Å². The maximum absolute atomic E-state index is 12.8. The molecule has 2 atom stereocenters. The minimum atomic E-state index is -2.08. The number of ether oxygens (including phenoxy) is 2. The number of rotatable bonds is 6. The maximum atomic E-state index is 12.8. The van der Waals surface area contributed by atoms with Crippen LogP contribution in [0.3, 0.4) is 0 Å². The zero-order chi connectivity index (χ0) is 21.3. The Morgan fingerprint density at radius 2 is 1.04 bits per heavy atom. The van der Waals surface area contributed by atoms with Gasteiger partial charge in [-0.05, 0) is 50.4 Å². The summed E-state index contributed by atoms with van der Waals surface area (Å²) in [6.07, 6.45) is -1.41. The normalized spacial score (nSPS) is 19.9. The molecular formula is C20H30O6Si2. The van der Waals surface area contributed by atoms with Gasteiger partial charge in [0.15, 0.2) is 16.6 Å². The number of fused-ring (bicyclic) bond motifs is 1. The lowest BCUT2D eigenvalue weighted by Crippen LogP contribution is -2.38. The molecule has 8 heteroatoms. The zero-order valence-corrected chi connectivity index (χ0v) is 19.9. The molecule has 0 aromatic heterocycles. The molecule has 0 unspecified atom stereocenters. The van der Waals surface area contributed by atoms with Crippen molar-refractivity contribution >= 4 is 28.6 Å². The predicted molar refractivity (Wildman–Crippen MR) is 112 cm³/mol. The molecule has 0 fully saturated rings. The SMILES string of the molecule is COC(=O)C1=C(C(=O)OC)[C@H](O[Si](C)(C)C)c2ccccc2[C@@H]1O[Si](C)(C)C. The van der Waals surface area contributed by atoms with Crippen LogP contribution in [0.4, 0.5) is 0 Å². The van der Waals surface area contributed by atoms with Crippen molar-refractivity contribution in [3.05, 3.63) is 46.5 Å². The Kier molecular flexibility index (Phi) is 6.70. The van der Waals surface area contributed by atoms with Crippen molar-refractivity contribution in [1.82, 2.24) is 0 Å². The molecule has 0 amide bonds. The van der Waals surface area contributed by atoms with Crippen LogP contribution in [-0.2, 0) is 27.9 Å². The highest BCUT2D eigenvalue weighted by molar-refractivity contribution is 6.70. The standard InChI is InChI=1S/C20H30O6Si2/c1-23-19(21)15-16(20(22)24-2)18(26-28(6,7)8)14-12-10-9-11-13(14)17(15)25-27(3,4)5/h9-12,17-18H,1-8H3/t17-,18+. The van der Waals surface area contributed by atoms with Crippen molar-refractivity contribution in [2.75, 3.05) is 14.2 Å². The first kappa shape index (κ1) is 22.5. The van der Waals surface area contributed by atoms with Crippen LogP contribution in [0.5, 0.6) is 0 Å². The predicted octanol–water partition coefficient (Wildman–Crippen LogP) is 4.13. The molecule has 6 nitrogen and oxygen atoms in total. The van der Waals surface area contributed by atoms with Gasteiger partial charge in [-0.25, -0.2) is 9.59 Å². The number of benzene rings is 1. The average Bonchev–Trinajstić information content (AvgIpc) is 2.59. The first-order valence-electron chi connectivity index (χ1n) is 9.24. The second-order valence-corrected chi connectivity index (χ2v) is 17.6. The van der Waals surface area contributed by atoms with E-state index in [9.17, 15) is 9.59 Å². The molecule has 0 spiro atoms. The van der Waals surface area contributed by atoms with Gasteiger partial charge >= 0.3 is 11.9 Å². The summed E-state index contributed by atoms with van der Waals surface area (Å²) in [4.78, 5) is 25.6. The highest BCUT2D eigenvalue weighted by Gasteiger charge is 2.45. The van der Waals surface area contributed by atoms with Crippen LogP contribution in [0, 0.1) is 0 Å². The fourth-order valence-electron chi connectivity index (χ4n) is 3.19. The Morgan fingerprint density at radius 1 is 0.714 bits per heavy atom. The van der Waals surface area contributed by atoms with E-state index in [2.05, 4.69) is 0 Å². The Bertz CT molecular complexity index is 724. The van der Waals surface area contributed by atoms with Crippen molar-refractivity contribution in [2.45, 2.75) is 51.5 Å². The third-order valence-corrected chi connectivity index (χ3v) is 6.01. The minimum absolute atomic E-state index is 0.165. The van der Waals surface area contributed by atoms with E-state index in [1.807, 2.05) is 63.5 Å². The highest BCUT2D eigenvalue weighted by Crippen LogP contribution is 2.46. The van der Waals surface area contributed by atoms with Crippen LogP contribution in [-0.4, -0.2) is 42.8 Å². The van der Waals surface area contributed by atoms with E-state index in [0.717, 1.165) is 11.1 Å². The third-order valence-electron chi connectivity index (χ3n) is 4.13.